The molecule has 0 spiro atoms. The number of aryl methyl sites for hydroxylation is 2. The Hall–Kier alpha value is -1.29. The third kappa shape index (κ3) is 2.52. The van der Waals surface area contributed by atoms with E-state index in [1.807, 2.05) is 38.8 Å². The summed E-state index contributed by atoms with van der Waals surface area (Å²) in [5.74, 6) is 0.874. The molecule has 0 amide bonds. The SMILES string of the molecule is Cc1cc(C(C)N(C)C(C)(C)C(=O)O)c(C)o1. The number of carbonyl (C=O) groups is 1. The maximum Gasteiger partial charge on any atom is 0.323 e. The largest absolute Gasteiger partial charge is 0.480 e. The predicted octanol–water partition coefficient (Wildman–Crippen LogP) is 2.75. The first kappa shape index (κ1) is 13.8. The third-order valence-corrected chi connectivity index (χ3v) is 3.52. The number of nitrogens with zero attached hydrogens (tertiary/aromatic N) is 1. The molecule has 1 unspecified atom stereocenters. The Bertz CT molecular complexity index is 420. The highest BCUT2D eigenvalue weighted by Crippen LogP contribution is 2.30. The van der Waals surface area contributed by atoms with Gasteiger partial charge in [0.15, 0.2) is 0 Å². The summed E-state index contributed by atoms with van der Waals surface area (Å²) in [7, 11) is 1.82. The summed E-state index contributed by atoms with van der Waals surface area (Å²) in [6, 6.07) is 1.97. The summed E-state index contributed by atoms with van der Waals surface area (Å²) >= 11 is 0. The number of carboxylic acids is 1. The number of hydrogen-bond donors (Lipinski definition) is 1. The van der Waals surface area contributed by atoms with Crippen LogP contribution in [0.2, 0.25) is 0 Å². The average molecular weight is 239 g/mol. The van der Waals surface area contributed by atoms with E-state index < -0.39 is 11.5 Å². The molecule has 0 saturated heterocycles. The van der Waals surface area contributed by atoms with Crippen LogP contribution in [0, 0.1) is 13.8 Å². The monoisotopic (exact) mass is 239 g/mol. The summed E-state index contributed by atoms with van der Waals surface area (Å²) in [6.07, 6.45) is 0. The van der Waals surface area contributed by atoms with E-state index in [4.69, 9.17) is 4.42 Å². The van der Waals surface area contributed by atoms with Crippen LogP contribution in [-0.4, -0.2) is 28.6 Å². The molecule has 0 fully saturated rings. The first-order valence-electron chi connectivity index (χ1n) is 5.71. The van der Waals surface area contributed by atoms with Gasteiger partial charge in [0.05, 0.1) is 0 Å². The quantitative estimate of drug-likeness (QED) is 0.877. The molecule has 1 rings (SSSR count). The Balaban J connectivity index is 3.02. The average Bonchev–Trinajstić information content (AvgIpc) is 2.55. The molecule has 0 aliphatic carbocycles. The number of carboxylic acid groups (broad SMARTS) is 1. The molecule has 1 N–H and O–H groups in total. The normalized spacial score (nSPS) is 14.1. The van der Waals surface area contributed by atoms with Gasteiger partial charge in [0.1, 0.15) is 17.1 Å². The Kier molecular flexibility index (Phi) is 3.67. The van der Waals surface area contributed by atoms with Crippen molar-refractivity contribution in [3.05, 3.63) is 23.2 Å². The standard InChI is InChI=1S/C13H21NO3/c1-8-7-11(10(3)17-8)9(2)14(6)13(4,5)12(15)16/h7,9H,1-6H3,(H,15,16). The van der Waals surface area contributed by atoms with Gasteiger partial charge in [0.25, 0.3) is 0 Å². The van der Waals surface area contributed by atoms with Crippen LogP contribution in [-0.2, 0) is 4.79 Å². The topological polar surface area (TPSA) is 53.7 Å². The number of aliphatic carboxylic acids is 1. The molecule has 1 atom stereocenters. The van der Waals surface area contributed by atoms with Crippen LogP contribution in [0.4, 0.5) is 0 Å². The van der Waals surface area contributed by atoms with Gasteiger partial charge in [-0.1, -0.05) is 0 Å². The Morgan fingerprint density at radius 3 is 2.35 bits per heavy atom. The summed E-state index contributed by atoms with van der Waals surface area (Å²) in [4.78, 5) is 13.1. The minimum Gasteiger partial charge on any atom is -0.480 e. The summed E-state index contributed by atoms with van der Waals surface area (Å²) in [5, 5.41) is 9.22. The Morgan fingerprint density at radius 2 is 2.00 bits per heavy atom. The maximum absolute atomic E-state index is 11.2. The fourth-order valence-corrected chi connectivity index (χ4v) is 1.91. The van der Waals surface area contributed by atoms with Gasteiger partial charge in [-0.15, -0.1) is 0 Å². The molecule has 0 bridgehead atoms. The minimum atomic E-state index is -0.906. The molecule has 0 radical (unpaired) electrons. The lowest BCUT2D eigenvalue weighted by molar-refractivity contribution is -0.149. The summed E-state index contributed by atoms with van der Waals surface area (Å²) < 4.78 is 5.48. The van der Waals surface area contributed by atoms with Crippen molar-refractivity contribution >= 4 is 5.97 Å². The van der Waals surface area contributed by atoms with Crippen LogP contribution in [0.3, 0.4) is 0 Å². The van der Waals surface area contributed by atoms with E-state index in [-0.39, 0.29) is 6.04 Å². The lowest BCUT2D eigenvalue weighted by Gasteiger charge is -2.36. The molecule has 0 aromatic carbocycles. The van der Waals surface area contributed by atoms with Crippen LogP contribution >= 0.6 is 0 Å². The molecule has 0 saturated carbocycles. The molecule has 4 heteroatoms. The van der Waals surface area contributed by atoms with E-state index in [9.17, 15) is 9.90 Å². The molecular formula is C13H21NO3. The van der Waals surface area contributed by atoms with Crippen molar-refractivity contribution in [1.82, 2.24) is 4.90 Å². The molecule has 1 aromatic rings. The van der Waals surface area contributed by atoms with Crippen LogP contribution in [0.15, 0.2) is 10.5 Å². The second kappa shape index (κ2) is 4.53. The zero-order chi connectivity index (χ0) is 13.4. The highest BCUT2D eigenvalue weighted by atomic mass is 16.4. The van der Waals surface area contributed by atoms with Crippen molar-refractivity contribution < 1.29 is 14.3 Å². The molecule has 17 heavy (non-hydrogen) atoms. The van der Waals surface area contributed by atoms with Gasteiger partial charge in [-0.3, -0.25) is 9.69 Å². The molecule has 1 aromatic heterocycles. The van der Waals surface area contributed by atoms with Gasteiger partial charge in [0, 0.05) is 11.6 Å². The van der Waals surface area contributed by atoms with Crippen molar-refractivity contribution in [3.63, 3.8) is 0 Å². The second-order valence-electron chi connectivity index (χ2n) is 5.02. The van der Waals surface area contributed by atoms with Gasteiger partial charge >= 0.3 is 5.97 Å². The first-order valence-corrected chi connectivity index (χ1v) is 5.71. The van der Waals surface area contributed by atoms with E-state index in [0.29, 0.717) is 0 Å². The fraction of sp³-hybridized carbons (Fsp3) is 0.615. The Morgan fingerprint density at radius 1 is 1.47 bits per heavy atom. The highest BCUT2D eigenvalue weighted by molar-refractivity contribution is 5.77. The minimum absolute atomic E-state index is 0.00134. The lowest BCUT2D eigenvalue weighted by Crippen LogP contribution is -2.48. The van der Waals surface area contributed by atoms with Gasteiger partial charge in [-0.25, -0.2) is 0 Å². The van der Waals surface area contributed by atoms with Crippen molar-refractivity contribution in [2.45, 2.75) is 46.2 Å². The maximum atomic E-state index is 11.2. The fourth-order valence-electron chi connectivity index (χ4n) is 1.91. The van der Waals surface area contributed by atoms with E-state index in [2.05, 4.69) is 0 Å². The number of likely N-dealkylation sites (N-methyl/N-ethyl adjacent to an activating group) is 1. The number of rotatable bonds is 4. The molecular weight excluding hydrogens is 218 g/mol. The van der Waals surface area contributed by atoms with Crippen LogP contribution < -0.4 is 0 Å². The molecule has 4 nitrogen and oxygen atoms in total. The van der Waals surface area contributed by atoms with E-state index >= 15 is 0 Å². The lowest BCUT2D eigenvalue weighted by atomic mass is 9.98. The summed E-state index contributed by atoms with van der Waals surface area (Å²) in [5.41, 5.74) is 0.135. The zero-order valence-corrected chi connectivity index (χ0v) is 11.4. The number of furan rings is 1. The molecule has 0 aliphatic heterocycles. The predicted molar refractivity (Wildman–Crippen MR) is 66.1 cm³/mol. The van der Waals surface area contributed by atoms with Crippen molar-refractivity contribution in [3.8, 4) is 0 Å². The zero-order valence-electron chi connectivity index (χ0n) is 11.4. The third-order valence-electron chi connectivity index (χ3n) is 3.52. The molecule has 96 valence electrons. The van der Waals surface area contributed by atoms with E-state index in [1.54, 1.807) is 13.8 Å². The van der Waals surface area contributed by atoms with Crippen molar-refractivity contribution in [2.24, 2.45) is 0 Å². The molecule has 0 aliphatic rings. The summed E-state index contributed by atoms with van der Waals surface area (Å²) in [6.45, 7) is 9.19. The first-order chi connectivity index (χ1) is 7.67. The smallest absolute Gasteiger partial charge is 0.323 e. The van der Waals surface area contributed by atoms with Crippen LogP contribution in [0.25, 0.3) is 0 Å². The molecule has 1 heterocycles. The van der Waals surface area contributed by atoms with Gasteiger partial charge in [-0.2, -0.15) is 0 Å². The van der Waals surface area contributed by atoms with Crippen molar-refractivity contribution in [1.29, 1.82) is 0 Å². The van der Waals surface area contributed by atoms with E-state index in [1.165, 1.54) is 0 Å². The Labute approximate surface area is 102 Å². The van der Waals surface area contributed by atoms with Gasteiger partial charge < -0.3 is 9.52 Å². The van der Waals surface area contributed by atoms with Gasteiger partial charge in [0.2, 0.25) is 0 Å². The van der Waals surface area contributed by atoms with Crippen LogP contribution in [0.5, 0.6) is 0 Å². The van der Waals surface area contributed by atoms with Crippen LogP contribution in [0.1, 0.15) is 43.9 Å². The second-order valence-corrected chi connectivity index (χ2v) is 5.02. The van der Waals surface area contributed by atoms with E-state index in [0.717, 1.165) is 17.1 Å². The van der Waals surface area contributed by atoms with Gasteiger partial charge in [-0.05, 0) is 47.7 Å². The number of hydrogen-bond acceptors (Lipinski definition) is 3. The van der Waals surface area contributed by atoms with Crippen molar-refractivity contribution in [2.75, 3.05) is 7.05 Å². The highest BCUT2D eigenvalue weighted by Gasteiger charge is 2.36.